The number of benzene rings is 2. The fourth-order valence-corrected chi connectivity index (χ4v) is 3.20. The van der Waals surface area contributed by atoms with Crippen molar-refractivity contribution < 1.29 is 9.90 Å². The standard InChI is InChI=1S/C23H33N3O2/c1-17(2)14-22(19-8-6-5-7-9-19)25-23(28)24-16-20(26(3)4)15-18-10-12-21(27)13-11-18/h5-13,17,20,22,27H,14-16H2,1-4H3,(H2,24,25,28)/t20-,22-/m0/s1. The fourth-order valence-electron chi connectivity index (χ4n) is 3.20. The topological polar surface area (TPSA) is 64.6 Å². The molecule has 2 aromatic carbocycles. The van der Waals surface area contributed by atoms with Gasteiger partial charge in [-0.05, 0) is 56.1 Å². The lowest BCUT2D eigenvalue weighted by molar-refractivity contribution is 0.226. The summed E-state index contributed by atoms with van der Waals surface area (Å²) >= 11 is 0. The van der Waals surface area contributed by atoms with Crippen LogP contribution in [0.1, 0.15) is 37.4 Å². The van der Waals surface area contributed by atoms with Crippen LogP contribution in [0.2, 0.25) is 0 Å². The van der Waals surface area contributed by atoms with Gasteiger partial charge in [0.25, 0.3) is 0 Å². The van der Waals surface area contributed by atoms with E-state index in [1.807, 2.05) is 44.4 Å². The van der Waals surface area contributed by atoms with Crippen LogP contribution in [0.5, 0.6) is 5.75 Å². The Hall–Kier alpha value is -2.53. The van der Waals surface area contributed by atoms with Gasteiger partial charge in [-0.2, -0.15) is 0 Å². The van der Waals surface area contributed by atoms with Gasteiger partial charge in [0.2, 0.25) is 0 Å². The van der Waals surface area contributed by atoms with E-state index in [4.69, 9.17) is 0 Å². The Balaban J connectivity index is 1.94. The SMILES string of the molecule is CC(C)C[C@H](NC(=O)NC[C@H](Cc1ccc(O)cc1)N(C)C)c1ccccc1. The predicted molar refractivity (Wildman–Crippen MR) is 114 cm³/mol. The Bertz CT molecular complexity index is 714. The minimum absolute atomic E-state index is 0.00361. The van der Waals surface area contributed by atoms with Crippen LogP contribution in [0.4, 0.5) is 4.79 Å². The van der Waals surface area contributed by atoms with Gasteiger partial charge in [-0.25, -0.2) is 4.79 Å². The molecule has 152 valence electrons. The maximum Gasteiger partial charge on any atom is 0.315 e. The molecule has 5 heteroatoms. The van der Waals surface area contributed by atoms with Gasteiger partial charge < -0.3 is 20.6 Å². The Labute approximate surface area is 168 Å². The van der Waals surface area contributed by atoms with E-state index in [0.717, 1.165) is 24.0 Å². The van der Waals surface area contributed by atoms with E-state index in [1.54, 1.807) is 12.1 Å². The van der Waals surface area contributed by atoms with Gasteiger partial charge >= 0.3 is 6.03 Å². The van der Waals surface area contributed by atoms with Crippen molar-refractivity contribution in [2.75, 3.05) is 20.6 Å². The van der Waals surface area contributed by atoms with Crippen LogP contribution in [0.15, 0.2) is 54.6 Å². The largest absolute Gasteiger partial charge is 0.508 e. The van der Waals surface area contributed by atoms with Crippen molar-refractivity contribution in [2.24, 2.45) is 5.92 Å². The first-order chi connectivity index (χ1) is 13.3. The number of carbonyl (C=O) groups is 1. The highest BCUT2D eigenvalue weighted by atomic mass is 16.3. The molecule has 3 N–H and O–H groups in total. The molecule has 28 heavy (non-hydrogen) atoms. The highest BCUT2D eigenvalue weighted by Gasteiger charge is 2.18. The number of phenolic OH excluding ortho intramolecular Hbond substituents is 1. The second kappa shape index (κ2) is 10.7. The Kier molecular flexibility index (Phi) is 8.33. The van der Waals surface area contributed by atoms with Crippen LogP contribution >= 0.6 is 0 Å². The molecular weight excluding hydrogens is 350 g/mol. The average Bonchev–Trinajstić information content (AvgIpc) is 2.66. The first-order valence-corrected chi connectivity index (χ1v) is 9.88. The lowest BCUT2D eigenvalue weighted by atomic mass is 9.97. The van der Waals surface area contributed by atoms with Gasteiger partial charge in [0, 0.05) is 12.6 Å². The van der Waals surface area contributed by atoms with E-state index < -0.39 is 0 Å². The first-order valence-electron chi connectivity index (χ1n) is 9.88. The van der Waals surface area contributed by atoms with Crippen LogP contribution in [0, 0.1) is 5.92 Å². The zero-order valence-electron chi connectivity index (χ0n) is 17.4. The molecule has 2 atom stereocenters. The molecule has 0 aliphatic carbocycles. The Morgan fingerprint density at radius 3 is 2.25 bits per heavy atom. The number of likely N-dealkylation sites (N-methyl/N-ethyl adjacent to an activating group) is 1. The highest BCUT2D eigenvalue weighted by molar-refractivity contribution is 5.74. The third-order valence-corrected chi connectivity index (χ3v) is 4.85. The van der Waals surface area contributed by atoms with E-state index in [1.165, 1.54) is 0 Å². The zero-order chi connectivity index (χ0) is 20.5. The molecule has 0 saturated heterocycles. The predicted octanol–water partition coefficient (Wildman–Crippen LogP) is 3.95. The van der Waals surface area contributed by atoms with Crippen molar-refractivity contribution in [1.82, 2.24) is 15.5 Å². The van der Waals surface area contributed by atoms with Gasteiger partial charge in [0.05, 0.1) is 6.04 Å². The maximum atomic E-state index is 12.6. The number of phenols is 1. The molecule has 5 nitrogen and oxygen atoms in total. The second-order valence-corrected chi connectivity index (χ2v) is 7.94. The number of carbonyl (C=O) groups excluding carboxylic acids is 1. The number of amides is 2. The normalized spacial score (nSPS) is 13.4. The second-order valence-electron chi connectivity index (χ2n) is 7.94. The molecule has 0 aliphatic heterocycles. The van der Waals surface area contributed by atoms with E-state index in [-0.39, 0.29) is 23.9 Å². The number of urea groups is 1. The number of hydrogen-bond donors (Lipinski definition) is 3. The summed E-state index contributed by atoms with van der Waals surface area (Å²) < 4.78 is 0. The molecule has 0 spiro atoms. The lowest BCUT2D eigenvalue weighted by Gasteiger charge is -2.26. The Morgan fingerprint density at radius 1 is 1.04 bits per heavy atom. The summed E-state index contributed by atoms with van der Waals surface area (Å²) in [5, 5.41) is 15.6. The molecule has 2 aromatic rings. The van der Waals surface area contributed by atoms with Crippen LogP contribution in [-0.4, -0.2) is 42.7 Å². The molecule has 2 amide bonds. The monoisotopic (exact) mass is 383 g/mol. The molecule has 0 heterocycles. The molecule has 0 unspecified atom stereocenters. The van der Waals surface area contributed by atoms with Gasteiger partial charge in [-0.1, -0.05) is 56.3 Å². The van der Waals surface area contributed by atoms with E-state index in [2.05, 4.69) is 41.5 Å². The van der Waals surface area contributed by atoms with E-state index >= 15 is 0 Å². The minimum Gasteiger partial charge on any atom is -0.508 e. The number of rotatable bonds is 9. The summed E-state index contributed by atoms with van der Waals surface area (Å²) in [5.41, 5.74) is 2.25. The van der Waals surface area contributed by atoms with Crippen LogP contribution < -0.4 is 10.6 Å². The third-order valence-electron chi connectivity index (χ3n) is 4.85. The van der Waals surface area contributed by atoms with Crippen molar-refractivity contribution in [3.63, 3.8) is 0 Å². The molecule has 0 bridgehead atoms. The van der Waals surface area contributed by atoms with Crippen molar-refractivity contribution in [2.45, 2.75) is 38.8 Å². The molecule has 2 rings (SSSR count). The van der Waals surface area contributed by atoms with E-state index in [0.29, 0.717) is 12.5 Å². The molecule has 0 aliphatic rings. The summed E-state index contributed by atoms with van der Waals surface area (Å²) in [7, 11) is 4.02. The number of hydrogen-bond acceptors (Lipinski definition) is 3. The summed E-state index contributed by atoms with van der Waals surface area (Å²) in [6.07, 6.45) is 1.68. The van der Waals surface area contributed by atoms with Gasteiger partial charge in [0.1, 0.15) is 5.75 Å². The number of nitrogens with zero attached hydrogens (tertiary/aromatic N) is 1. The number of nitrogens with one attached hydrogen (secondary N) is 2. The van der Waals surface area contributed by atoms with Crippen molar-refractivity contribution in [1.29, 1.82) is 0 Å². The summed E-state index contributed by atoms with van der Waals surface area (Å²) in [6, 6.07) is 17.3. The van der Waals surface area contributed by atoms with Crippen molar-refractivity contribution >= 4 is 6.03 Å². The average molecular weight is 384 g/mol. The van der Waals surface area contributed by atoms with Crippen LogP contribution in [0.25, 0.3) is 0 Å². The summed E-state index contributed by atoms with van der Waals surface area (Å²) in [4.78, 5) is 14.7. The smallest absolute Gasteiger partial charge is 0.315 e. The molecule has 0 fully saturated rings. The minimum atomic E-state index is -0.146. The van der Waals surface area contributed by atoms with E-state index in [9.17, 15) is 9.90 Å². The highest BCUT2D eigenvalue weighted by Crippen LogP contribution is 2.21. The lowest BCUT2D eigenvalue weighted by Crippen LogP contribution is -2.46. The maximum absolute atomic E-state index is 12.6. The van der Waals surface area contributed by atoms with Gasteiger partial charge in [0.15, 0.2) is 0 Å². The van der Waals surface area contributed by atoms with Crippen LogP contribution in [0.3, 0.4) is 0 Å². The van der Waals surface area contributed by atoms with Crippen molar-refractivity contribution in [3.8, 4) is 5.75 Å². The molecule has 0 saturated carbocycles. The fraction of sp³-hybridized carbons (Fsp3) is 0.435. The van der Waals surface area contributed by atoms with Gasteiger partial charge in [-0.15, -0.1) is 0 Å². The first kappa shape index (κ1) is 21.8. The van der Waals surface area contributed by atoms with Gasteiger partial charge in [-0.3, -0.25) is 0 Å². The quantitative estimate of drug-likeness (QED) is 0.614. The zero-order valence-corrected chi connectivity index (χ0v) is 17.4. The van der Waals surface area contributed by atoms with Crippen LogP contribution in [-0.2, 0) is 6.42 Å². The molecule has 0 radical (unpaired) electrons. The number of aromatic hydroxyl groups is 1. The van der Waals surface area contributed by atoms with Crippen molar-refractivity contribution in [3.05, 3.63) is 65.7 Å². The summed E-state index contributed by atoms with van der Waals surface area (Å²) in [6.45, 7) is 4.87. The third kappa shape index (κ3) is 7.24. The molecule has 0 aromatic heterocycles. The Morgan fingerprint density at radius 2 is 1.68 bits per heavy atom. The summed E-state index contributed by atoms with van der Waals surface area (Å²) in [5.74, 6) is 0.745. The molecular formula is C23H33N3O2.